The first-order chi connectivity index (χ1) is 12.2. The van der Waals surface area contributed by atoms with Crippen molar-refractivity contribution in [3.8, 4) is 0 Å². The zero-order valence-corrected chi connectivity index (χ0v) is 15.0. The summed E-state index contributed by atoms with van der Waals surface area (Å²) in [7, 11) is 0. The van der Waals surface area contributed by atoms with Gasteiger partial charge in [0.15, 0.2) is 0 Å². The molecule has 0 aliphatic carbocycles. The van der Waals surface area contributed by atoms with Gasteiger partial charge in [-0.1, -0.05) is 55.3 Å². The molecular weight excluding hydrogens is 312 g/mol. The molecule has 0 radical (unpaired) electrons. The highest BCUT2D eigenvalue weighted by molar-refractivity contribution is 5.78. The lowest BCUT2D eigenvalue weighted by atomic mass is 10.1. The number of β-amino-alcohol motifs (C(OH)–C–C–N with tert-alkyl or cyclic N) is 1. The maximum Gasteiger partial charge on any atom is 0.222 e. The van der Waals surface area contributed by atoms with Crippen molar-refractivity contribution in [1.29, 1.82) is 0 Å². The topological polar surface area (TPSA) is 43.8 Å². The Labute approximate surface area is 151 Å². The molecule has 0 saturated carbocycles. The van der Waals surface area contributed by atoms with E-state index >= 15 is 0 Å². The third-order valence-corrected chi connectivity index (χ3v) is 5.27. The van der Waals surface area contributed by atoms with E-state index in [1.807, 2.05) is 11.0 Å². The number of aliphatic hydroxyl groups is 1. The van der Waals surface area contributed by atoms with E-state index in [1.54, 1.807) is 0 Å². The van der Waals surface area contributed by atoms with Crippen molar-refractivity contribution in [2.45, 2.75) is 50.7 Å². The number of likely N-dealkylation sites (tertiary alicyclic amines) is 2. The second-order valence-corrected chi connectivity index (χ2v) is 7.28. The summed E-state index contributed by atoms with van der Waals surface area (Å²) in [5.74, 6) is 0.190. The summed E-state index contributed by atoms with van der Waals surface area (Å²) in [6.07, 6.45) is 10.4. The Bertz CT molecular complexity index is 573. The van der Waals surface area contributed by atoms with Crippen molar-refractivity contribution in [2.75, 3.05) is 26.2 Å². The predicted octanol–water partition coefficient (Wildman–Crippen LogP) is 2.93. The molecule has 2 saturated heterocycles. The fourth-order valence-corrected chi connectivity index (χ4v) is 3.90. The molecule has 0 spiro atoms. The highest BCUT2D eigenvalue weighted by Gasteiger charge is 2.26. The third-order valence-electron chi connectivity index (χ3n) is 5.27. The number of hydrogen-bond acceptors (Lipinski definition) is 3. The Morgan fingerprint density at radius 1 is 1.08 bits per heavy atom. The van der Waals surface area contributed by atoms with Gasteiger partial charge in [0, 0.05) is 32.1 Å². The van der Waals surface area contributed by atoms with Crippen molar-refractivity contribution in [1.82, 2.24) is 9.80 Å². The van der Waals surface area contributed by atoms with E-state index in [4.69, 9.17) is 0 Å². The van der Waals surface area contributed by atoms with Gasteiger partial charge in [-0.2, -0.15) is 0 Å². The van der Waals surface area contributed by atoms with E-state index in [9.17, 15) is 9.90 Å². The zero-order chi connectivity index (χ0) is 17.5. The summed E-state index contributed by atoms with van der Waals surface area (Å²) in [6, 6.07) is 10.7. The van der Waals surface area contributed by atoms with Crippen LogP contribution in [0.4, 0.5) is 0 Å². The lowest BCUT2D eigenvalue weighted by molar-refractivity contribution is -0.129. The molecule has 1 amide bonds. The largest absolute Gasteiger partial charge is 0.390 e. The van der Waals surface area contributed by atoms with E-state index in [1.165, 1.54) is 24.8 Å². The molecule has 4 heteroatoms. The molecule has 2 aliphatic heterocycles. The summed E-state index contributed by atoms with van der Waals surface area (Å²) in [5.41, 5.74) is 1.22. The maximum atomic E-state index is 11.8. The maximum absolute atomic E-state index is 11.8. The molecule has 0 bridgehead atoms. The van der Waals surface area contributed by atoms with Gasteiger partial charge < -0.3 is 10.0 Å². The number of nitrogens with zero attached hydrogens (tertiary/aromatic N) is 2. The van der Waals surface area contributed by atoms with Crippen LogP contribution in [0.5, 0.6) is 0 Å². The Kier molecular flexibility index (Phi) is 6.65. The van der Waals surface area contributed by atoms with E-state index in [0.717, 1.165) is 25.9 Å². The minimum atomic E-state index is -0.465. The molecule has 2 aliphatic rings. The Hall–Kier alpha value is -1.65. The number of hydrogen-bond donors (Lipinski definition) is 1. The van der Waals surface area contributed by atoms with Crippen LogP contribution in [0.25, 0.3) is 6.08 Å². The van der Waals surface area contributed by atoms with Gasteiger partial charge in [-0.05, 0) is 31.4 Å². The van der Waals surface area contributed by atoms with Crippen LogP contribution < -0.4 is 0 Å². The molecule has 1 aromatic rings. The summed E-state index contributed by atoms with van der Waals surface area (Å²) in [6.45, 7) is 2.94. The van der Waals surface area contributed by atoms with Gasteiger partial charge in [0.05, 0.1) is 6.10 Å². The molecule has 2 atom stereocenters. The van der Waals surface area contributed by atoms with E-state index < -0.39 is 6.10 Å². The summed E-state index contributed by atoms with van der Waals surface area (Å²) >= 11 is 0. The van der Waals surface area contributed by atoms with Gasteiger partial charge in [0.25, 0.3) is 0 Å². The lowest BCUT2D eigenvalue weighted by Crippen LogP contribution is -2.44. The van der Waals surface area contributed by atoms with Gasteiger partial charge in [-0.25, -0.2) is 0 Å². The van der Waals surface area contributed by atoms with Gasteiger partial charge >= 0.3 is 0 Å². The molecule has 0 aromatic heterocycles. The Morgan fingerprint density at radius 2 is 1.92 bits per heavy atom. The fraction of sp³-hybridized carbons (Fsp3) is 0.571. The van der Waals surface area contributed by atoms with Crippen LogP contribution in [0.1, 0.15) is 44.1 Å². The third kappa shape index (κ3) is 5.41. The van der Waals surface area contributed by atoms with Crippen LogP contribution in [0.2, 0.25) is 0 Å². The minimum Gasteiger partial charge on any atom is -0.390 e. The van der Waals surface area contributed by atoms with Gasteiger partial charge in [0.1, 0.15) is 0 Å². The zero-order valence-electron chi connectivity index (χ0n) is 15.0. The summed E-state index contributed by atoms with van der Waals surface area (Å²) in [5, 5.41) is 10.5. The minimum absolute atomic E-state index is 0.190. The molecule has 4 nitrogen and oxygen atoms in total. The van der Waals surface area contributed by atoms with Crippen LogP contribution >= 0.6 is 0 Å². The smallest absolute Gasteiger partial charge is 0.222 e. The average Bonchev–Trinajstić information content (AvgIpc) is 2.89. The second-order valence-electron chi connectivity index (χ2n) is 7.28. The second kappa shape index (κ2) is 9.16. The quantitative estimate of drug-likeness (QED) is 0.864. The first-order valence-corrected chi connectivity index (χ1v) is 9.65. The Balaban J connectivity index is 1.59. The number of benzene rings is 1. The predicted molar refractivity (Wildman–Crippen MR) is 101 cm³/mol. The van der Waals surface area contributed by atoms with Gasteiger partial charge in [0.2, 0.25) is 5.91 Å². The van der Waals surface area contributed by atoms with Crippen LogP contribution in [0.3, 0.4) is 0 Å². The molecule has 2 heterocycles. The summed E-state index contributed by atoms with van der Waals surface area (Å²) < 4.78 is 0. The molecule has 3 rings (SSSR count). The van der Waals surface area contributed by atoms with E-state index in [-0.39, 0.29) is 5.91 Å². The molecule has 1 aromatic carbocycles. The van der Waals surface area contributed by atoms with Crippen molar-refractivity contribution >= 4 is 12.0 Å². The monoisotopic (exact) mass is 342 g/mol. The standard InChI is InChI=1S/C21H30N2O2/c24-20(17-23-15-7-11-21(23)25)16-22-14-6-2-5-10-19(22)13-12-18-8-3-1-4-9-18/h1,3-4,8-9,12-13,19-20,24H,2,5-7,10-11,14-17H2. The van der Waals surface area contributed by atoms with Crippen molar-refractivity contribution < 1.29 is 9.90 Å². The average molecular weight is 342 g/mol. The van der Waals surface area contributed by atoms with Gasteiger partial charge in [-0.15, -0.1) is 0 Å². The Morgan fingerprint density at radius 3 is 2.68 bits per heavy atom. The highest BCUT2D eigenvalue weighted by atomic mass is 16.3. The summed E-state index contributed by atoms with van der Waals surface area (Å²) in [4.78, 5) is 16.0. The molecule has 2 fully saturated rings. The van der Waals surface area contributed by atoms with E-state index in [2.05, 4.69) is 41.3 Å². The van der Waals surface area contributed by atoms with Crippen molar-refractivity contribution in [2.24, 2.45) is 0 Å². The number of rotatable bonds is 6. The number of carbonyl (C=O) groups excluding carboxylic acids is 1. The van der Waals surface area contributed by atoms with Crippen LogP contribution in [0, 0.1) is 0 Å². The molecule has 25 heavy (non-hydrogen) atoms. The van der Waals surface area contributed by atoms with Crippen molar-refractivity contribution in [3.05, 3.63) is 42.0 Å². The van der Waals surface area contributed by atoms with Crippen LogP contribution in [0.15, 0.2) is 36.4 Å². The molecule has 2 unspecified atom stereocenters. The van der Waals surface area contributed by atoms with Crippen molar-refractivity contribution in [3.63, 3.8) is 0 Å². The normalized spacial score (nSPS) is 24.0. The number of aliphatic hydroxyl groups excluding tert-OH is 1. The SMILES string of the molecule is O=C1CCCN1CC(O)CN1CCCCCC1C=Cc1ccccc1. The van der Waals surface area contributed by atoms with Crippen LogP contribution in [-0.2, 0) is 4.79 Å². The molecule has 136 valence electrons. The van der Waals surface area contributed by atoms with Gasteiger partial charge in [-0.3, -0.25) is 9.69 Å². The number of carbonyl (C=O) groups is 1. The first kappa shape index (κ1) is 18.2. The molecule has 1 N–H and O–H groups in total. The fourth-order valence-electron chi connectivity index (χ4n) is 3.90. The lowest BCUT2D eigenvalue weighted by Gasteiger charge is -2.31. The highest BCUT2D eigenvalue weighted by Crippen LogP contribution is 2.20. The van der Waals surface area contributed by atoms with Crippen LogP contribution in [-0.4, -0.2) is 59.1 Å². The van der Waals surface area contributed by atoms with E-state index in [0.29, 0.717) is 25.6 Å². The first-order valence-electron chi connectivity index (χ1n) is 9.65. The number of amides is 1. The molecular formula is C21H30N2O2.